The van der Waals surface area contributed by atoms with E-state index >= 15 is 0 Å². The van der Waals surface area contributed by atoms with Crippen LogP contribution in [0.1, 0.15) is 12.1 Å². The average molecular weight is 161 g/mol. The lowest BCUT2D eigenvalue weighted by Crippen LogP contribution is -2.00. The molecular weight excluding hydrogens is 152 g/mol. The fourth-order valence-corrected chi connectivity index (χ4v) is 0.847. The Labute approximate surface area is 64.1 Å². The molecule has 0 aromatic carbocycles. The maximum absolute atomic E-state index is 5.48. The van der Waals surface area contributed by atoms with Gasteiger partial charge in [0, 0.05) is 6.07 Å². The van der Waals surface area contributed by atoms with Gasteiger partial charge in [0.15, 0.2) is 0 Å². The molecule has 0 spiro atoms. The molecule has 1 heterocycles. The molecular formula is C6H9ClN2O. The van der Waals surface area contributed by atoms with Crippen LogP contribution in [0.15, 0.2) is 10.6 Å². The van der Waals surface area contributed by atoms with Crippen LogP contribution in [0.2, 0.25) is 5.22 Å². The predicted molar refractivity (Wildman–Crippen MR) is 38.9 cm³/mol. The highest BCUT2D eigenvalue weighted by atomic mass is 35.5. The minimum Gasteiger partial charge on any atom is -0.344 e. The standard InChI is InChI=1S/C6H9ClN2O/c7-6-4-5(9-10-6)2-1-3-8/h4H,1-3,8H2. The smallest absolute Gasteiger partial charge is 0.226 e. The van der Waals surface area contributed by atoms with Crippen molar-refractivity contribution in [2.75, 3.05) is 6.54 Å². The molecule has 3 nitrogen and oxygen atoms in total. The molecule has 0 aliphatic rings. The van der Waals surface area contributed by atoms with Gasteiger partial charge in [0.2, 0.25) is 5.22 Å². The van der Waals surface area contributed by atoms with Crippen LogP contribution in [0.5, 0.6) is 0 Å². The lowest BCUT2D eigenvalue weighted by atomic mass is 10.2. The molecule has 0 aliphatic heterocycles. The van der Waals surface area contributed by atoms with Gasteiger partial charge in [-0.05, 0) is 31.0 Å². The zero-order valence-electron chi connectivity index (χ0n) is 5.51. The summed E-state index contributed by atoms with van der Waals surface area (Å²) in [5, 5.41) is 4.03. The van der Waals surface area contributed by atoms with E-state index < -0.39 is 0 Å². The summed E-state index contributed by atoms with van der Waals surface area (Å²) < 4.78 is 4.64. The van der Waals surface area contributed by atoms with E-state index in [-0.39, 0.29) is 0 Å². The average Bonchev–Trinajstić information content (AvgIpc) is 2.31. The third-order valence-electron chi connectivity index (χ3n) is 1.17. The van der Waals surface area contributed by atoms with Gasteiger partial charge in [0.25, 0.3) is 0 Å². The minimum absolute atomic E-state index is 0.340. The number of nitrogens with two attached hydrogens (primary N) is 1. The van der Waals surface area contributed by atoms with Crippen molar-refractivity contribution in [1.82, 2.24) is 5.16 Å². The van der Waals surface area contributed by atoms with Gasteiger partial charge in [-0.25, -0.2) is 0 Å². The third kappa shape index (κ3) is 2.01. The second-order valence-corrected chi connectivity index (χ2v) is 2.39. The first-order chi connectivity index (χ1) is 4.83. The molecule has 0 atom stereocenters. The van der Waals surface area contributed by atoms with Crippen molar-refractivity contribution in [1.29, 1.82) is 0 Å². The summed E-state index contributed by atoms with van der Waals surface area (Å²) >= 11 is 5.48. The van der Waals surface area contributed by atoms with Crippen molar-refractivity contribution in [2.24, 2.45) is 5.73 Å². The van der Waals surface area contributed by atoms with Crippen molar-refractivity contribution in [3.63, 3.8) is 0 Å². The predicted octanol–water partition coefficient (Wildman–Crippen LogP) is 1.22. The van der Waals surface area contributed by atoms with Crippen LogP contribution >= 0.6 is 11.6 Å². The number of halogens is 1. The van der Waals surface area contributed by atoms with Crippen molar-refractivity contribution in [2.45, 2.75) is 12.8 Å². The first-order valence-corrected chi connectivity index (χ1v) is 3.52. The zero-order valence-corrected chi connectivity index (χ0v) is 6.27. The molecule has 0 bridgehead atoms. The number of aromatic nitrogens is 1. The van der Waals surface area contributed by atoms with E-state index in [4.69, 9.17) is 17.3 Å². The largest absolute Gasteiger partial charge is 0.344 e. The number of rotatable bonds is 3. The lowest BCUT2D eigenvalue weighted by molar-refractivity contribution is 0.412. The number of nitrogens with zero attached hydrogens (tertiary/aromatic N) is 1. The molecule has 0 radical (unpaired) electrons. The molecule has 0 saturated carbocycles. The molecule has 0 unspecified atom stereocenters. The second-order valence-electron chi connectivity index (χ2n) is 2.01. The van der Waals surface area contributed by atoms with Gasteiger partial charge in [-0.3, -0.25) is 0 Å². The highest BCUT2D eigenvalue weighted by molar-refractivity contribution is 6.28. The van der Waals surface area contributed by atoms with E-state index in [0.717, 1.165) is 18.5 Å². The zero-order chi connectivity index (χ0) is 7.40. The van der Waals surface area contributed by atoms with Crippen molar-refractivity contribution < 1.29 is 4.52 Å². The van der Waals surface area contributed by atoms with Crippen molar-refractivity contribution >= 4 is 11.6 Å². The Morgan fingerprint density at radius 1 is 1.70 bits per heavy atom. The van der Waals surface area contributed by atoms with E-state index in [1.54, 1.807) is 6.07 Å². The molecule has 0 fully saturated rings. The highest BCUT2D eigenvalue weighted by Gasteiger charge is 1.98. The summed E-state index contributed by atoms with van der Waals surface area (Å²) in [5.41, 5.74) is 6.16. The summed E-state index contributed by atoms with van der Waals surface area (Å²) in [4.78, 5) is 0. The highest BCUT2D eigenvalue weighted by Crippen LogP contribution is 2.10. The van der Waals surface area contributed by atoms with Gasteiger partial charge in [-0.2, -0.15) is 0 Å². The molecule has 10 heavy (non-hydrogen) atoms. The van der Waals surface area contributed by atoms with Gasteiger partial charge >= 0.3 is 0 Å². The van der Waals surface area contributed by atoms with Crippen LogP contribution in [-0.4, -0.2) is 11.7 Å². The first kappa shape index (κ1) is 7.57. The Kier molecular flexibility index (Phi) is 2.71. The van der Waals surface area contributed by atoms with Gasteiger partial charge < -0.3 is 10.3 Å². The number of hydrogen-bond acceptors (Lipinski definition) is 3. The topological polar surface area (TPSA) is 52.0 Å². The summed E-state index contributed by atoms with van der Waals surface area (Å²) in [5.74, 6) is 0. The van der Waals surface area contributed by atoms with Crippen LogP contribution < -0.4 is 5.73 Å². The van der Waals surface area contributed by atoms with Crippen molar-refractivity contribution in [3.05, 3.63) is 17.0 Å². The van der Waals surface area contributed by atoms with Crippen LogP contribution in [0.25, 0.3) is 0 Å². The van der Waals surface area contributed by atoms with Gasteiger partial charge in [0.05, 0.1) is 5.69 Å². The SMILES string of the molecule is NCCCc1cc(Cl)on1. The third-order valence-corrected chi connectivity index (χ3v) is 1.35. The molecule has 0 amide bonds. The normalized spacial score (nSPS) is 10.2. The maximum atomic E-state index is 5.48. The summed E-state index contributed by atoms with van der Waals surface area (Å²) in [6, 6.07) is 1.71. The Hall–Kier alpha value is -0.540. The molecule has 1 rings (SSSR count). The number of aryl methyl sites for hydroxylation is 1. The van der Waals surface area contributed by atoms with Crippen LogP contribution in [0.3, 0.4) is 0 Å². The Morgan fingerprint density at radius 2 is 2.50 bits per heavy atom. The van der Waals surface area contributed by atoms with E-state index in [1.807, 2.05) is 0 Å². The maximum Gasteiger partial charge on any atom is 0.226 e. The molecule has 56 valence electrons. The van der Waals surface area contributed by atoms with E-state index in [2.05, 4.69) is 9.68 Å². The Bertz CT molecular complexity index is 199. The monoisotopic (exact) mass is 160 g/mol. The minimum atomic E-state index is 0.340. The molecule has 1 aromatic heterocycles. The quantitative estimate of drug-likeness (QED) is 0.724. The molecule has 2 N–H and O–H groups in total. The van der Waals surface area contributed by atoms with Gasteiger partial charge in [-0.1, -0.05) is 5.16 Å². The van der Waals surface area contributed by atoms with Gasteiger partial charge in [-0.15, -0.1) is 0 Å². The van der Waals surface area contributed by atoms with Crippen LogP contribution in [0.4, 0.5) is 0 Å². The van der Waals surface area contributed by atoms with E-state index in [1.165, 1.54) is 0 Å². The first-order valence-electron chi connectivity index (χ1n) is 3.14. The fourth-order valence-electron chi connectivity index (χ4n) is 0.687. The summed E-state index contributed by atoms with van der Waals surface area (Å²) in [6.45, 7) is 0.671. The fraction of sp³-hybridized carbons (Fsp3) is 0.500. The molecule has 4 heteroatoms. The Balaban J connectivity index is 2.42. The van der Waals surface area contributed by atoms with Gasteiger partial charge in [0.1, 0.15) is 0 Å². The van der Waals surface area contributed by atoms with Crippen LogP contribution in [0, 0.1) is 0 Å². The molecule has 0 aliphatic carbocycles. The summed E-state index contributed by atoms with van der Waals surface area (Å²) in [7, 11) is 0. The van der Waals surface area contributed by atoms with E-state index in [9.17, 15) is 0 Å². The molecule has 0 saturated heterocycles. The number of hydrogen-bond donors (Lipinski definition) is 1. The van der Waals surface area contributed by atoms with E-state index in [0.29, 0.717) is 11.8 Å². The Morgan fingerprint density at radius 3 is 3.00 bits per heavy atom. The van der Waals surface area contributed by atoms with Crippen LogP contribution in [-0.2, 0) is 6.42 Å². The second kappa shape index (κ2) is 3.58. The lowest BCUT2D eigenvalue weighted by Gasteiger charge is -1.88. The molecule has 1 aromatic rings. The summed E-state index contributed by atoms with van der Waals surface area (Å²) in [6.07, 6.45) is 1.76. The van der Waals surface area contributed by atoms with Crippen molar-refractivity contribution in [3.8, 4) is 0 Å².